The fraction of sp³-hybridized carbons (Fsp3) is 0.593. The van der Waals surface area contributed by atoms with E-state index in [1.165, 1.54) is 28.1 Å². The van der Waals surface area contributed by atoms with Gasteiger partial charge in [-0.1, -0.05) is 0 Å². The molecule has 0 spiro atoms. The maximum absolute atomic E-state index is 16.4. The molecule has 7 heterocycles. The van der Waals surface area contributed by atoms with Crippen molar-refractivity contribution in [3.8, 4) is 0 Å². The Balaban J connectivity index is 1.10. The third-order valence-corrected chi connectivity index (χ3v) is 12.3. The van der Waals surface area contributed by atoms with Gasteiger partial charge < -0.3 is 43.1 Å². The van der Waals surface area contributed by atoms with E-state index in [-0.39, 0.29) is 24.3 Å². The Kier molecular flexibility index (Phi) is 9.30. The lowest BCUT2D eigenvalue weighted by atomic mass is 10.1. The smallest absolute Gasteiger partial charge is 0.325 e. The van der Waals surface area contributed by atoms with Gasteiger partial charge in [-0.05, 0) is 54.9 Å². The van der Waals surface area contributed by atoms with E-state index in [1.807, 2.05) is 0 Å². The van der Waals surface area contributed by atoms with Crippen LogP contribution in [0.5, 0.6) is 0 Å². The quantitative estimate of drug-likeness (QED) is 0.209. The number of imidazole rings is 1. The van der Waals surface area contributed by atoms with E-state index in [4.69, 9.17) is 51.2 Å². The number of fused-ring (bicyclic) bond motifs is 4. The van der Waals surface area contributed by atoms with Gasteiger partial charge >= 0.3 is 13.4 Å². The van der Waals surface area contributed by atoms with Gasteiger partial charge in [-0.3, -0.25) is 23.0 Å². The second-order valence-corrected chi connectivity index (χ2v) is 17.9. The summed E-state index contributed by atoms with van der Waals surface area (Å²) in [4.78, 5) is 52.5. The summed E-state index contributed by atoms with van der Waals surface area (Å²) in [6.07, 6.45) is -2.48. The van der Waals surface area contributed by atoms with Crippen LogP contribution >= 0.6 is 13.4 Å². The maximum Gasteiger partial charge on any atom is 0.325 e. The maximum atomic E-state index is 16.4. The van der Waals surface area contributed by atoms with Gasteiger partial charge in [0.05, 0.1) is 38.4 Å². The Hall–Kier alpha value is -2.20. The largest absolute Gasteiger partial charge is 0.395 e. The molecule has 3 aliphatic heterocycles. The second-order valence-electron chi connectivity index (χ2n) is 12.3. The normalized spacial score (nSPS) is 36.5. The highest BCUT2D eigenvalue weighted by Crippen LogP contribution is 2.54. The summed E-state index contributed by atoms with van der Waals surface area (Å²) in [7, 11) is 0. The average Bonchev–Trinajstić information content (AvgIpc) is 3.78. The SMILES string of the molecule is O=c1c2ncn([C@@H]3O[C@@H]4COP(O)(=S)O[C@H]5[C@@H](F)[C@H](n6cc7c8c(ncnc86)CCCC7)O[C@@H]5COP(O)(=S)O[C@@H]3[C@@H]4O)c2ncn1CCO. The zero-order valence-electron chi connectivity index (χ0n) is 26.0. The van der Waals surface area contributed by atoms with Gasteiger partial charge in [0, 0.05) is 11.6 Å². The van der Waals surface area contributed by atoms with E-state index in [9.17, 15) is 24.8 Å². The van der Waals surface area contributed by atoms with Crippen molar-refractivity contribution in [2.45, 2.75) is 81.4 Å². The molecule has 2 bridgehead atoms. The third kappa shape index (κ3) is 6.20. The molecule has 0 radical (unpaired) electrons. The molecule has 270 valence electrons. The van der Waals surface area contributed by atoms with E-state index in [1.54, 1.807) is 10.8 Å². The standard InChI is InChI=1S/C27H32FN7O11P2S2/c28-18-21-16(44-26(18)34-7-13-3-1-2-4-14-17(13)23(34)30-10-29-14)9-42-48(40,50)46-22-20(37)15(8-41-47(39,49)45-21)43-27(22)35-12-31-19-24(35)32-11-33(5-6-36)25(19)38/h7,10-12,15-16,18,20-22,26-27,36-37H,1-6,8-9H2,(H,39,49)(H,40,50)/t15-,16-,18-,20-,21-,22-,26-,27-,47?,48?/m1/s1. The van der Waals surface area contributed by atoms with Gasteiger partial charge in [0.25, 0.3) is 5.56 Å². The van der Waals surface area contributed by atoms with E-state index < -0.39 is 81.4 Å². The molecule has 8 rings (SSSR count). The Labute approximate surface area is 292 Å². The van der Waals surface area contributed by atoms with Gasteiger partial charge in [-0.25, -0.2) is 24.3 Å². The van der Waals surface area contributed by atoms with E-state index in [0.717, 1.165) is 42.3 Å². The molecule has 3 saturated heterocycles. The molecule has 4 aliphatic rings. The lowest BCUT2D eigenvalue weighted by molar-refractivity contribution is -0.0602. The monoisotopic (exact) mass is 775 g/mol. The highest BCUT2D eigenvalue weighted by atomic mass is 32.5. The van der Waals surface area contributed by atoms with Gasteiger partial charge in [0.1, 0.15) is 48.8 Å². The molecule has 10 atom stereocenters. The van der Waals surface area contributed by atoms with Crippen molar-refractivity contribution in [1.82, 2.24) is 33.6 Å². The van der Waals surface area contributed by atoms with E-state index in [0.29, 0.717) is 5.65 Å². The van der Waals surface area contributed by atoms with Gasteiger partial charge in [0.15, 0.2) is 29.8 Å². The fourth-order valence-corrected chi connectivity index (χ4v) is 9.74. The number of aryl methyl sites for hydroxylation is 2. The van der Waals surface area contributed by atoms with Crippen LogP contribution in [0.2, 0.25) is 0 Å². The molecule has 18 nitrogen and oxygen atoms in total. The topological polar surface area (TPSA) is 220 Å². The Bertz CT molecular complexity index is 2100. The Morgan fingerprint density at radius 3 is 2.40 bits per heavy atom. The molecule has 3 fully saturated rings. The molecular weight excluding hydrogens is 743 g/mol. The van der Waals surface area contributed by atoms with E-state index in [2.05, 4.69) is 19.9 Å². The summed E-state index contributed by atoms with van der Waals surface area (Å²) in [5, 5.41) is 21.4. The molecular formula is C27H32FN7O11P2S2. The number of aliphatic hydroxyl groups is 2. The Morgan fingerprint density at radius 2 is 1.62 bits per heavy atom. The zero-order valence-corrected chi connectivity index (χ0v) is 29.4. The van der Waals surface area contributed by atoms with Crippen LogP contribution in [-0.2, 0) is 70.6 Å². The number of ether oxygens (including phenoxy) is 2. The van der Waals surface area contributed by atoms with Crippen molar-refractivity contribution in [2.75, 3.05) is 19.8 Å². The molecule has 50 heavy (non-hydrogen) atoms. The van der Waals surface area contributed by atoms with Crippen LogP contribution in [-0.4, -0.2) is 110 Å². The van der Waals surface area contributed by atoms with Gasteiger partial charge in [-0.15, -0.1) is 0 Å². The molecule has 23 heteroatoms. The van der Waals surface area contributed by atoms with Gasteiger partial charge in [0.2, 0.25) is 0 Å². The molecule has 1 aliphatic carbocycles. The minimum absolute atomic E-state index is 0.00772. The van der Waals surface area contributed by atoms with Crippen LogP contribution in [0.25, 0.3) is 22.2 Å². The first-order valence-corrected chi connectivity index (χ1v) is 20.9. The predicted molar refractivity (Wildman–Crippen MR) is 176 cm³/mol. The van der Waals surface area contributed by atoms with Crippen molar-refractivity contribution < 1.29 is 52.0 Å². The number of aliphatic hydroxyl groups excluding tert-OH is 2. The van der Waals surface area contributed by atoms with Crippen LogP contribution in [0.4, 0.5) is 4.39 Å². The van der Waals surface area contributed by atoms with Crippen LogP contribution < -0.4 is 5.56 Å². The minimum Gasteiger partial charge on any atom is -0.395 e. The number of alkyl halides is 1. The van der Waals surface area contributed by atoms with Crippen LogP contribution in [0.1, 0.15) is 36.6 Å². The summed E-state index contributed by atoms with van der Waals surface area (Å²) in [6.45, 7) is -9.92. The number of halogens is 1. The van der Waals surface area contributed by atoms with Crippen molar-refractivity contribution in [3.05, 3.63) is 46.8 Å². The second kappa shape index (κ2) is 13.3. The fourth-order valence-electron chi connectivity index (χ4n) is 6.89. The number of rotatable bonds is 4. The molecule has 4 N–H and O–H groups in total. The lowest BCUT2D eigenvalue weighted by Gasteiger charge is -2.27. The summed E-state index contributed by atoms with van der Waals surface area (Å²) < 4.78 is 55.4. The van der Waals surface area contributed by atoms with Crippen LogP contribution in [0.3, 0.4) is 0 Å². The van der Waals surface area contributed by atoms with Crippen molar-refractivity contribution in [1.29, 1.82) is 0 Å². The van der Waals surface area contributed by atoms with Crippen molar-refractivity contribution in [2.24, 2.45) is 0 Å². The summed E-state index contributed by atoms with van der Waals surface area (Å²) in [5.41, 5.74) is 1.75. The highest BCUT2D eigenvalue weighted by molar-refractivity contribution is 8.07. The molecule has 4 aromatic heterocycles. The Morgan fingerprint density at radius 1 is 0.900 bits per heavy atom. The van der Waals surface area contributed by atoms with Crippen molar-refractivity contribution in [3.63, 3.8) is 0 Å². The molecule has 0 amide bonds. The molecule has 0 saturated carbocycles. The molecule has 0 aromatic carbocycles. The predicted octanol–water partition coefficient (Wildman–Crippen LogP) is 0.654. The summed E-state index contributed by atoms with van der Waals surface area (Å²) in [5.74, 6) is 0. The number of hydrogen-bond acceptors (Lipinski definition) is 15. The number of hydrogen-bond donors (Lipinski definition) is 4. The van der Waals surface area contributed by atoms with Gasteiger partial charge in [-0.2, -0.15) is 0 Å². The lowest BCUT2D eigenvalue weighted by Crippen LogP contribution is -2.35. The van der Waals surface area contributed by atoms with E-state index >= 15 is 4.39 Å². The number of aromatic nitrogens is 7. The summed E-state index contributed by atoms with van der Waals surface area (Å²) >= 11 is 10.6. The number of nitrogens with zero attached hydrogens (tertiary/aromatic N) is 7. The first-order chi connectivity index (χ1) is 23.9. The molecule has 4 aromatic rings. The molecule has 2 unspecified atom stereocenters. The minimum atomic E-state index is -4.26. The van der Waals surface area contributed by atoms with Crippen molar-refractivity contribution >= 4 is 59.2 Å². The van der Waals surface area contributed by atoms with Crippen LogP contribution in [0.15, 0.2) is 30.0 Å². The average molecular weight is 776 g/mol. The third-order valence-electron chi connectivity index (χ3n) is 9.21. The summed E-state index contributed by atoms with van der Waals surface area (Å²) in [6, 6.07) is 0. The zero-order chi connectivity index (χ0) is 34.9. The first-order valence-electron chi connectivity index (χ1n) is 15.8. The first kappa shape index (κ1) is 34.9. The highest BCUT2D eigenvalue weighted by Gasteiger charge is 2.53. The van der Waals surface area contributed by atoms with Crippen LogP contribution in [0, 0.1) is 0 Å².